The van der Waals surface area contributed by atoms with Crippen LogP contribution < -0.4 is 0 Å². The van der Waals surface area contributed by atoms with Gasteiger partial charge in [0.1, 0.15) is 11.3 Å². The quantitative estimate of drug-likeness (QED) is 0.750. The van der Waals surface area contributed by atoms with Crippen LogP contribution in [0.25, 0.3) is 11.3 Å². The van der Waals surface area contributed by atoms with E-state index in [9.17, 15) is 4.79 Å². The van der Waals surface area contributed by atoms with E-state index < -0.39 is 5.60 Å². The van der Waals surface area contributed by atoms with Crippen LogP contribution in [0.2, 0.25) is 5.02 Å². The predicted octanol–water partition coefficient (Wildman–Crippen LogP) is 5.07. The molecule has 0 radical (unpaired) electrons. The van der Waals surface area contributed by atoms with E-state index in [1.165, 1.54) is 0 Å². The lowest BCUT2D eigenvalue weighted by Crippen LogP contribution is -2.38. The molecule has 0 N–H and O–H groups in total. The van der Waals surface area contributed by atoms with Crippen molar-refractivity contribution in [3.8, 4) is 11.3 Å². The molecule has 1 saturated carbocycles. The van der Waals surface area contributed by atoms with Gasteiger partial charge in [-0.2, -0.15) is 0 Å². The average molecular weight is 361 g/mol. The van der Waals surface area contributed by atoms with Crippen LogP contribution in [-0.4, -0.2) is 27.8 Å². The minimum Gasteiger partial charge on any atom is -0.444 e. The summed E-state index contributed by atoms with van der Waals surface area (Å²) in [5, 5.41) is 4.87. The van der Waals surface area contributed by atoms with Gasteiger partial charge in [-0.15, -0.1) is 0 Å². The lowest BCUT2D eigenvalue weighted by atomic mass is 10.1. The van der Waals surface area contributed by atoms with E-state index >= 15 is 0 Å². The molecule has 132 valence electrons. The highest BCUT2D eigenvalue weighted by molar-refractivity contribution is 6.30. The van der Waals surface area contributed by atoms with Gasteiger partial charge in [-0.25, -0.2) is 4.79 Å². The van der Waals surface area contributed by atoms with Crippen LogP contribution in [0.1, 0.15) is 45.3 Å². The summed E-state index contributed by atoms with van der Waals surface area (Å²) in [6.07, 6.45) is 1.69. The first kappa shape index (κ1) is 16.5. The van der Waals surface area contributed by atoms with Gasteiger partial charge in [0.25, 0.3) is 0 Å². The lowest BCUT2D eigenvalue weighted by molar-refractivity contribution is 0.0176. The summed E-state index contributed by atoms with van der Waals surface area (Å²) in [7, 11) is 0. The number of aromatic nitrogens is 1. The van der Waals surface area contributed by atoms with Gasteiger partial charge in [0, 0.05) is 22.7 Å². The fourth-order valence-electron chi connectivity index (χ4n) is 3.52. The molecule has 2 fully saturated rings. The predicted molar refractivity (Wildman–Crippen MR) is 94.3 cm³/mol. The molecule has 2 heterocycles. The van der Waals surface area contributed by atoms with Crippen LogP contribution in [-0.2, 0) is 4.74 Å². The minimum absolute atomic E-state index is 0.0877. The lowest BCUT2D eigenvalue weighted by Gasteiger charge is -2.29. The molecule has 0 bridgehead atoms. The second-order valence-corrected chi connectivity index (χ2v) is 8.27. The normalized spacial score (nSPS) is 25.0. The molecule has 25 heavy (non-hydrogen) atoms. The Kier molecular flexibility index (Phi) is 3.80. The van der Waals surface area contributed by atoms with Crippen molar-refractivity contribution in [2.24, 2.45) is 5.92 Å². The minimum atomic E-state index is -0.510. The van der Waals surface area contributed by atoms with E-state index in [0.717, 1.165) is 24.1 Å². The van der Waals surface area contributed by atoms with Crippen LogP contribution in [0.3, 0.4) is 0 Å². The Hall–Kier alpha value is -2.01. The zero-order valence-electron chi connectivity index (χ0n) is 14.5. The molecule has 1 aromatic heterocycles. The van der Waals surface area contributed by atoms with Crippen LogP contribution in [0.5, 0.6) is 0 Å². The molecule has 2 aromatic rings. The Balaban J connectivity index is 1.58. The van der Waals surface area contributed by atoms with Gasteiger partial charge in [0.15, 0.2) is 5.76 Å². The summed E-state index contributed by atoms with van der Waals surface area (Å²) in [6.45, 7) is 5.65. The van der Waals surface area contributed by atoms with Gasteiger partial charge < -0.3 is 9.26 Å². The third-order valence-corrected chi connectivity index (χ3v) is 4.92. The van der Waals surface area contributed by atoms with Gasteiger partial charge in [0.05, 0.1) is 6.04 Å². The Morgan fingerprint density at radius 2 is 2.12 bits per heavy atom. The summed E-state index contributed by atoms with van der Waals surface area (Å²) in [5.41, 5.74) is 1.14. The van der Waals surface area contributed by atoms with Crippen molar-refractivity contribution >= 4 is 17.7 Å². The second kappa shape index (κ2) is 5.77. The number of amides is 1. The number of rotatable bonds is 2. The summed E-state index contributed by atoms with van der Waals surface area (Å²) in [4.78, 5) is 14.5. The molecule has 2 aliphatic rings. The Bertz CT molecular complexity index is 811. The molecule has 1 amide bonds. The molecule has 1 aliphatic carbocycles. The first-order chi connectivity index (χ1) is 11.8. The molecule has 0 unspecified atom stereocenters. The number of hydrogen-bond donors (Lipinski definition) is 0. The molecule has 6 heteroatoms. The summed E-state index contributed by atoms with van der Waals surface area (Å²) < 4.78 is 11.1. The smallest absolute Gasteiger partial charge is 0.411 e. The number of piperidine rings is 1. The van der Waals surface area contributed by atoms with Crippen molar-refractivity contribution in [3.05, 3.63) is 41.0 Å². The maximum atomic E-state index is 12.6. The number of nitrogens with zero attached hydrogens (tertiary/aromatic N) is 2. The zero-order valence-corrected chi connectivity index (χ0v) is 15.3. The van der Waals surface area contributed by atoms with Crippen molar-refractivity contribution in [1.29, 1.82) is 0 Å². The number of fused-ring (bicyclic) bond motifs is 1. The van der Waals surface area contributed by atoms with Crippen LogP contribution >= 0.6 is 11.6 Å². The standard InChI is InChI=1S/C19H21ClN2O3/c1-19(2,3)24-18(23)22-15-8-12(15)9-16(22)14-10-17(25-21-14)11-5-4-6-13(20)7-11/h4-7,10,12,15-16H,8-9H2,1-3H3/t12-,15-,16-/m1/s1. The van der Waals surface area contributed by atoms with Gasteiger partial charge in [-0.05, 0) is 51.7 Å². The number of ether oxygens (including phenoxy) is 1. The average Bonchev–Trinajstić information content (AvgIpc) is 2.97. The highest BCUT2D eigenvalue weighted by atomic mass is 35.5. The third-order valence-electron chi connectivity index (χ3n) is 4.69. The Labute approximate surface area is 151 Å². The Morgan fingerprint density at radius 1 is 1.32 bits per heavy atom. The highest BCUT2D eigenvalue weighted by Crippen LogP contribution is 2.53. The summed E-state index contributed by atoms with van der Waals surface area (Å²) >= 11 is 6.05. The van der Waals surface area contributed by atoms with Crippen molar-refractivity contribution in [2.45, 2.75) is 51.3 Å². The number of carbonyl (C=O) groups excluding carboxylic acids is 1. The van der Waals surface area contributed by atoms with Crippen LogP contribution in [0.4, 0.5) is 4.79 Å². The van der Waals surface area contributed by atoms with Crippen LogP contribution in [0, 0.1) is 5.92 Å². The molecule has 1 aliphatic heterocycles. The number of halogens is 1. The Morgan fingerprint density at radius 3 is 2.84 bits per heavy atom. The summed E-state index contributed by atoms with van der Waals surface area (Å²) in [6, 6.07) is 9.53. The van der Waals surface area contributed by atoms with E-state index in [1.54, 1.807) is 0 Å². The number of carbonyl (C=O) groups is 1. The molecule has 5 nitrogen and oxygen atoms in total. The van der Waals surface area contributed by atoms with Gasteiger partial charge in [0.2, 0.25) is 0 Å². The molecule has 4 rings (SSSR count). The first-order valence-electron chi connectivity index (χ1n) is 8.56. The van der Waals surface area contributed by atoms with Gasteiger partial charge >= 0.3 is 6.09 Å². The fourth-order valence-corrected chi connectivity index (χ4v) is 3.71. The van der Waals surface area contributed by atoms with Gasteiger partial charge in [-0.1, -0.05) is 28.9 Å². The summed E-state index contributed by atoms with van der Waals surface area (Å²) in [5.74, 6) is 1.20. The number of benzene rings is 1. The fraction of sp³-hybridized carbons (Fsp3) is 0.474. The van der Waals surface area contributed by atoms with Crippen molar-refractivity contribution in [1.82, 2.24) is 10.1 Å². The van der Waals surface area contributed by atoms with E-state index in [1.807, 2.05) is 56.0 Å². The third kappa shape index (κ3) is 3.25. The maximum absolute atomic E-state index is 12.6. The molecule has 0 spiro atoms. The number of likely N-dealkylation sites (tertiary alicyclic amines) is 1. The monoisotopic (exact) mass is 360 g/mol. The van der Waals surface area contributed by atoms with E-state index in [2.05, 4.69) is 5.16 Å². The zero-order chi connectivity index (χ0) is 17.8. The molecule has 1 saturated heterocycles. The van der Waals surface area contributed by atoms with Crippen LogP contribution in [0.15, 0.2) is 34.9 Å². The van der Waals surface area contributed by atoms with Crippen molar-refractivity contribution in [3.63, 3.8) is 0 Å². The van der Waals surface area contributed by atoms with E-state index in [-0.39, 0.29) is 18.2 Å². The molecule has 1 aromatic carbocycles. The van der Waals surface area contributed by atoms with E-state index in [0.29, 0.717) is 16.7 Å². The maximum Gasteiger partial charge on any atom is 0.411 e. The molecular weight excluding hydrogens is 340 g/mol. The molecular formula is C19H21ClN2O3. The first-order valence-corrected chi connectivity index (χ1v) is 8.93. The number of hydrogen-bond acceptors (Lipinski definition) is 4. The van der Waals surface area contributed by atoms with Gasteiger partial charge in [-0.3, -0.25) is 4.90 Å². The largest absolute Gasteiger partial charge is 0.444 e. The van der Waals surface area contributed by atoms with E-state index in [4.69, 9.17) is 20.9 Å². The van der Waals surface area contributed by atoms with Crippen molar-refractivity contribution in [2.75, 3.05) is 0 Å². The topological polar surface area (TPSA) is 55.6 Å². The molecule has 3 atom stereocenters. The SMILES string of the molecule is CC(C)(C)OC(=O)N1[C@@H](c2cc(-c3cccc(Cl)c3)on2)C[C@H]2C[C@H]21. The van der Waals surface area contributed by atoms with Crippen molar-refractivity contribution < 1.29 is 14.1 Å². The second-order valence-electron chi connectivity index (χ2n) is 7.83. The highest BCUT2D eigenvalue weighted by Gasteiger charge is 2.56.